The van der Waals surface area contributed by atoms with Crippen molar-refractivity contribution >= 4 is 16.3 Å². The van der Waals surface area contributed by atoms with Gasteiger partial charge in [0.15, 0.2) is 4.96 Å². The molecule has 0 unspecified atom stereocenters. The Bertz CT molecular complexity index is 654. The van der Waals surface area contributed by atoms with E-state index in [-0.39, 0.29) is 12.2 Å². The Morgan fingerprint density at radius 2 is 2.05 bits per heavy atom. The van der Waals surface area contributed by atoms with Gasteiger partial charge in [-0.3, -0.25) is 19.0 Å². The molecule has 3 heterocycles. The molecule has 1 aliphatic heterocycles. The van der Waals surface area contributed by atoms with E-state index < -0.39 is 0 Å². The fourth-order valence-electron chi connectivity index (χ4n) is 2.75. The zero-order chi connectivity index (χ0) is 14.7. The summed E-state index contributed by atoms with van der Waals surface area (Å²) < 4.78 is 1.58. The van der Waals surface area contributed by atoms with Crippen LogP contribution < -0.4 is 5.56 Å². The maximum atomic E-state index is 12.0. The van der Waals surface area contributed by atoms with Gasteiger partial charge in [-0.1, -0.05) is 0 Å². The van der Waals surface area contributed by atoms with Gasteiger partial charge in [-0.15, -0.1) is 11.3 Å². The number of aliphatic hydroxyl groups excluding tert-OH is 1. The Morgan fingerprint density at radius 3 is 2.90 bits per heavy atom. The van der Waals surface area contributed by atoms with E-state index in [1.807, 2.05) is 5.38 Å². The topological polar surface area (TPSA) is 61.1 Å². The van der Waals surface area contributed by atoms with Crippen molar-refractivity contribution in [3.05, 3.63) is 33.7 Å². The molecule has 1 fully saturated rings. The first kappa shape index (κ1) is 14.6. The Hall–Kier alpha value is -1.28. The molecule has 0 aliphatic carbocycles. The molecule has 0 bridgehead atoms. The van der Waals surface area contributed by atoms with E-state index in [9.17, 15) is 4.79 Å². The highest BCUT2D eigenvalue weighted by molar-refractivity contribution is 7.15. The monoisotopic (exact) mass is 308 g/mol. The van der Waals surface area contributed by atoms with Crippen LogP contribution in [0.3, 0.4) is 0 Å². The quantitative estimate of drug-likeness (QED) is 0.878. The number of β-amino-alcohol motifs (C(OH)–C–C–N with tert-alkyl or cyclic N) is 1. The molecule has 7 heteroatoms. The minimum Gasteiger partial charge on any atom is -0.395 e. The highest BCUT2D eigenvalue weighted by atomic mass is 32.1. The van der Waals surface area contributed by atoms with Crippen LogP contribution in [0.2, 0.25) is 0 Å². The van der Waals surface area contributed by atoms with Crippen LogP contribution in [0.15, 0.2) is 22.4 Å². The summed E-state index contributed by atoms with van der Waals surface area (Å²) in [5, 5.41) is 10.9. The fourth-order valence-corrected chi connectivity index (χ4v) is 3.48. The number of hydrogen-bond acceptors (Lipinski definition) is 6. The van der Waals surface area contributed by atoms with Crippen molar-refractivity contribution in [3.63, 3.8) is 0 Å². The lowest BCUT2D eigenvalue weighted by Crippen LogP contribution is -2.32. The van der Waals surface area contributed by atoms with Crippen molar-refractivity contribution in [1.82, 2.24) is 19.2 Å². The second kappa shape index (κ2) is 6.65. The second-order valence-electron chi connectivity index (χ2n) is 5.34. The van der Waals surface area contributed by atoms with Gasteiger partial charge in [0, 0.05) is 43.8 Å². The maximum Gasteiger partial charge on any atom is 0.258 e. The van der Waals surface area contributed by atoms with E-state index in [0.717, 1.165) is 56.3 Å². The van der Waals surface area contributed by atoms with Gasteiger partial charge in [0.1, 0.15) is 0 Å². The number of aliphatic hydroxyl groups is 1. The smallest absolute Gasteiger partial charge is 0.258 e. The average molecular weight is 308 g/mol. The van der Waals surface area contributed by atoms with Gasteiger partial charge in [-0.2, -0.15) is 0 Å². The van der Waals surface area contributed by atoms with Gasteiger partial charge in [0.2, 0.25) is 0 Å². The molecule has 0 atom stereocenters. The van der Waals surface area contributed by atoms with Crippen LogP contribution in [0.5, 0.6) is 0 Å². The lowest BCUT2D eigenvalue weighted by atomic mass is 10.3. The Kier molecular flexibility index (Phi) is 4.64. The summed E-state index contributed by atoms with van der Waals surface area (Å²) in [7, 11) is 0. The van der Waals surface area contributed by atoms with E-state index in [1.165, 1.54) is 11.3 Å². The van der Waals surface area contributed by atoms with Gasteiger partial charge >= 0.3 is 0 Å². The van der Waals surface area contributed by atoms with Gasteiger partial charge in [-0.25, -0.2) is 4.98 Å². The summed E-state index contributed by atoms with van der Waals surface area (Å²) in [5.74, 6) is 0. The normalized spacial score (nSPS) is 18.1. The first-order valence-corrected chi connectivity index (χ1v) is 8.15. The van der Waals surface area contributed by atoms with Crippen LogP contribution in [0.25, 0.3) is 4.96 Å². The minimum absolute atomic E-state index is 0.00650. The molecule has 21 heavy (non-hydrogen) atoms. The molecule has 1 saturated heterocycles. The number of aromatic nitrogens is 2. The average Bonchev–Trinajstić information content (AvgIpc) is 2.83. The number of nitrogens with zero attached hydrogens (tertiary/aromatic N) is 4. The van der Waals surface area contributed by atoms with E-state index >= 15 is 0 Å². The third kappa shape index (κ3) is 3.49. The first-order valence-electron chi connectivity index (χ1n) is 7.27. The van der Waals surface area contributed by atoms with Crippen LogP contribution in [-0.4, -0.2) is 63.6 Å². The van der Waals surface area contributed by atoms with Gasteiger partial charge in [-0.05, 0) is 19.5 Å². The second-order valence-corrected chi connectivity index (χ2v) is 6.21. The summed E-state index contributed by atoms with van der Waals surface area (Å²) in [6.45, 7) is 5.62. The zero-order valence-electron chi connectivity index (χ0n) is 11.9. The highest BCUT2D eigenvalue weighted by Gasteiger charge is 2.15. The lowest BCUT2D eigenvalue weighted by Gasteiger charge is -2.20. The summed E-state index contributed by atoms with van der Waals surface area (Å²) in [6.07, 6.45) is 2.85. The van der Waals surface area contributed by atoms with Crippen molar-refractivity contribution in [2.45, 2.75) is 13.0 Å². The maximum absolute atomic E-state index is 12.0. The summed E-state index contributed by atoms with van der Waals surface area (Å²) in [6, 6.07) is 1.64. The third-order valence-electron chi connectivity index (χ3n) is 3.84. The molecule has 0 saturated carbocycles. The van der Waals surface area contributed by atoms with Crippen molar-refractivity contribution < 1.29 is 5.11 Å². The summed E-state index contributed by atoms with van der Waals surface area (Å²) in [4.78, 5) is 21.9. The molecule has 0 aromatic carbocycles. The number of hydrogen-bond donors (Lipinski definition) is 1. The molecule has 0 radical (unpaired) electrons. The van der Waals surface area contributed by atoms with Crippen molar-refractivity contribution in [2.75, 3.05) is 39.3 Å². The Morgan fingerprint density at radius 1 is 1.24 bits per heavy atom. The highest BCUT2D eigenvalue weighted by Crippen LogP contribution is 2.10. The van der Waals surface area contributed by atoms with Crippen LogP contribution in [0.4, 0.5) is 0 Å². The number of thiazole rings is 1. The van der Waals surface area contributed by atoms with Crippen molar-refractivity contribution in [3.8, 4) is 0 Å². The SMILES string of the molecule is O=c1cc(CN2CCCN(CCO)CC2)nc2sccn12. The molecule has 1 aliphatic rings. The van der Waals surface area contributed by atoms with Crippen LogP contribution in [0, 0.1) is 0 Å². The lowest BCUT2D eigenvalue weighted by molar-refractivity contribution is 0.195. The van der Waals surface area contributed by atoms with Crippen LogP contribution in [0.1, 0.15) is 12.1 Å². The third-order valence-corrected chi connectivity index (χ3v) is 4.60. The molecule has 1 N–H and O–H groups in total. The first-order chi connectivity index (χ1) is 10.3. The minimum atomic E-state index is -0.00650. The predicted octanol–water partition coefficient (Wildman–Crippen LogP) is 0.256. The van der Waals surface area contributed by atoms with E-state index in [4.69, 9.17) is 5.11 Å². The Labute approximate surface area is 127 Å². The zero-order valence-corrected chi connectivity index (χ0v) is 12.8. The molecule has 2 aromatic rings. The summed E-state index contributed by atoms with van der Waals surface area (Å²) >= 11 is 1.49. The number of rotatable bonds is 4. The van der Waals surface area contributed by atoms with E-state index in [2.05, 4.69) is 14.8 Å². The van der Waals surface area contributed by atoms with Gasteiger partial charge in [0.05, 0.1) is 12.3 Å². The molecule has 6 nitrogen and oxygen atoms in total. The largest absolute Gasteiger partial charge is 0.395 e. The van der Waals surface area contributed by atoms with Crippen molar-refractivity contribution in [2.24, 2.45) is 0 Å². The van der Waals surface area contributed by atoms with Crippen LogP contribution >= 0.6 is 11.3 Å². The molecular formula is C14H20N4O2S. The van der Waals surface area contributed by atoms with Crippen molar-refractivity contribution in [1.29, 1.82) is 0 Å². The Balaban J connectivity index is 1.68. The predicted molar refractivity (Wildman–Crippen MR) is 82.8 cm³/mol. The van der Waals surface area contributed by atoms with Crippen LogP contribution in [-0.2, 0) is 6.54 Å². The van der Waals surface area contributed by atoms with E-state index in [1.54, 1.807) is 16.7 Å². The van der Waals surface area contributed by atoms with Gasteiger partial charge in [0.25, 0.3) is 5.56 Å². The molecule has 114 valence electrons. The van der Waals surface area contributed by atoms with E-state index in [0.29, 0.717) is 0 Å². The van der Waals surface area contributed by atoms with Gasteiger partial charge < -0.3 is 5.11 Å². The standard InChI is InChI=1S/C14H20N4O2S/c19-8-6-16-2-1-3-17(5-4-16)11-12-10-13(20)18-7-9-21-14(18)15-12/h7,9-10,19H,1-6,8,11H2. The molecule has 3 rings (SSSR count). The fraction of sp³-hybridized carbons (Fsp3) is 0.571. The molecule has 0 amide bonds. The number of fused-ring (bicyclic) bond motifs is 1. The molecular weight excluding hydrogens is 288 g/mol. The summed E-state index contributed by atoms with van der Waals surface area (Å²) in [5.41, 5.74) is 0.839. The molecule has 0 spiro atoms. The molecule has 2 aromatic heterocycles.